The Morgan fingerprint density at radius 2 is 0.770 bits per heavy atom. The van der Waals surface area contributed by atoms with Gasteiger partial charge in [0.1, 0.15) is 0 Å². The zero-order valence-electron chi connectivity index (χ0n) is 32.8. The van der Waals surface area contributed by atoms with Crippen LogP contribution in [0.1, 0.15) is 0 Å². The maximum absolute atomic E-state index is 5.15. The monoisotopic (exact) mass is 791 g/mol. The van der Waals surface area contributed by atoms with Crippen molar-refractivity contribution < 1.29 is 0 Å². The molecule has 13 aromatic rings. The van der Waals surface area contributed by atoms with Crippen molar-refractivity contribution in [2.75, 3.05) is 0 Å². The van der Waals surface area contributed by atoms with E-state index in [1.165, 1.54) is 85.8 Å². The van der Waals surface area contributed by atoms with Crippen LogP contribution in [-0.2, 0) is 0 Å². The molecule has 13 rings (SSSR count). The largest absolute Gasteiger partial charge is 0.208 e. The fraction of sp³-hybridized carbons (Fsp3) is 0. The van der Waals surface area contributed by atoms with Gasteiger partial charge in [0, 0.05) is 15.8 Å². The lowest BCUT2D eigenvalue weighted by molar-refractivity contribution is 1.08. The Labute approximate surface area is 355 Å². The summed E-state index contributed by atoms with van der Waals surface area (Å²) >= 11 is 1.71. The van der Waals surface area contributed by atoms with E-state index < -0.39 is 0 Å². The number of hydrogen-bond donors (Lipinski definition) is 0. The van der Waals surface area contributed by atoms with Crippen LogP contribution in [0.3, 0.4) is 0 Å². The van der Waals surface area contributed by atoms with Crippen molar-refractivity contribution in [3.63, 3.8) is 0 Å². The Balaban J connectivity index is 1.03. The minimum absolute atomic E-state index is 0.647. The SMILES string of the molecule is c1ccc(-c2nc(-c3cccc(-c4ccccc4-c4cc5ccc6cccc7c8cccc9ccc%10cccc(c(c4)c5c67)c%10c98)c3)nc(-c3cc4ccccc4s3)n2)cc1. The van der Waals surface area contributed by atoms with E-state index in [0.717, 1.165) is 27.1 Å². The van der Waals surface area contributed by atoms with Gasteiger partial charge in [0.25, 0.3) is 0 Å². The third-order valence-electron chi connectivity index (χ3n) is 12.4. The number of thiophene rings is 1. The number of hydrogen-bond acceptors (Lipinski definition) is 4. The number of aromatic nitrogens is 3. The van der Waals surface area contributed by atoms with Crippen molar-refractivity contribution >= 4 is 86.1 Å². The van der Waals surface area contributed by atoms with E-state index in [-0.39, 0.29) is 0 Å². The highest BCUT2D eigenvalue weighted by atomic mass is 32.1. The first-order valence-corrected chi connectivity index (χ1v) is 21.5. The van der Waals surface area contributed by atoms with Crippen LogP contribution < -0.4 is 0 Å². The molecule has 0 aliphatic heterocycles. The molecule has 2 aromatic heterocycles. The first-order chi connectivity index (χ1) is 30.2. The van der Waals surface area contributed by atoms with Gasteiger partial charge in [-0.25, -0.2) is 15.0 Å². The second-order valence-electron chi connectivity index (χ2n) is 15.9. The van der Waals surface area contributed by atoms with E-state index in [1.54, 1.807) is 11.3 Å². The minimum atomic E-state index is 0.647. The van der Waals surface area contributed by atoms with Gasteiger partial charge in [-0.2, -0.15) is 0 Å². The molecule has 0 saturated heterocycles. The molecule has 0 bridgehead atoms. The van der Waals surface area contributed by atoms with Gasteiger partial charge in [0.05, 0.1) is 4.88 Å². The fourth-order valence-electron chi connectivity index (χ4n) is 9.68. The molecule has 0 aliphatic carbocycles. The lowest BCUT2D eigenvalue weighted by Crippen LogP contribution is -1.99. The molecular formula is C57H33N3S. The van der Waals surface area contributed by atoms with Gasteiger partial charge < -0.3 is 0 Å². The summed E-state index contributed by atoms with van der Waals surface area (Å²) in [5.74, 6) is 1.98. The van der Waals surface area contributed by atoms with Crippen LogP contribution in [0.15, 0.2) is 200 Å². The third kappa shape index (κ3) is 5.39. The molecule has 0 spiro atoms. The Hall–Kier alpha value is -7.79. The molecule has 0 radical (unpaired) electrons. The molecule has 0 saturated carbocycles. The molecule has 0 fully saturated rings. The maximum atomic E-state index is 5.15. The highest BCUT2D eigenvalue weighted by molar-refractivity contribution is 7.22. The lowest BCUT2D eigenvalue weighted by atomic mass is 9.85. The molecule has 61 heavy (non-hydrogen) atoms. The maximum Gasteiger partial charge on any atom is 0.174 e. The normalized spacial score (nSPS) is 11.9. The molecule has 3 nitrogen and oxygen atoms in total. The molecule has 11 aromatic carbocycles. The van der Waals surface area contributed by atoms with E-state index in [4.69, 9.17) is 15.0 Å². The summed E-state index contributed by atoms with van der Waals surface area (Å²) in [6, 6.07) is 72.6. The van der Waals surface area contributed by atoms with Gasteiger partial charge in [0.15, 0.2) is 17.5 Å². The first-order valence-electron chi connectivity index (χ1n) is 20.7. The molecule has 0 aliphatic rings. The van der Waals surface area contributed by atoms with Gasteiger partial charge in [-0.3, -0.25) is 0 Å². The fourth-order valence-corrected chi connectivity index (χ4v) is 10.7. The van der Waals surface area contributed by atoms with Gasteiger partial charge in [-0.1, -0.05) is 170 Å². The van der Waals surface area contributed by atoms with Crippen molar-refractivity contribution in [1.82, 2.24) is 15.0 Å². The van der Waals surface area contributed by atoms with Gasteiger partial charge in [0.2, 0.25) is 0 Å². The summed E-state index contributed by atoms with van der Waals surface area (Å²) in [6.45, 7) is 0. The molecule has 0 amide bonds. The molecule has 0 unspecified atom stereocenters. The van der Waals surface area contributed by atoms with Crippen LogP contribution in [0, 0.1) is 0 Å². The van der Waals surface area contributed by atoms with E-state index >= 15 is 0 Å². The van der Waals surface area contributed by atoms with E-state index in [9.17, 15) is 0 Å². The van der Waals surface area contributed by atoms with Crippen molar-refractivity contribution in [1.29, 1.82) is 0 Å². The van der Waals surface area contributed by atoms with Crippen molar-refractivity contribution in [3.8, 4) is 55.7 Å². The number of rotatable bonds is 5. The van der Waals surface area contributed by atoms with Crippen LogP contribution in [0.5, 0.6) is 0 Å². The quantitative estimate of drug-likeness (QED) is 0.163. The van der Waals surface area contributed by atoms with E-state index in [1.807, 2.05) is 18.2 Å². The highest BCUT2D eigenvalue weighted by Gasteiger charge is 2.19. The summed E-state index contributed by atoms with van der Waals surface area (Å²) in [5, 5.41) is 16.5. The standard InChI is InChI=1S/C57H33N3S/c1-2-12-37(13-3-1)55-58-56(60-57(59-55)50-33-39-14-4-7-25-49(39)61-50)41-19-8-18-38(30-41)43-20-5-6-21-44(43)42-31-40-29-28-36-16-10-23-46-45-22-9-15-34-26-27-35-17-11-24-47(53(35)51(34)45)48(32-42)54(40)52(36)46/h1-33H. The summed E-state index contributed by atoms with van der Waals surface area (Å²) in [6.07, 6.45) is 0. The number of fused-ring (bicyclic) bond motifs is 3. The van der Waals surface area contributed by atoms with Crippen LogP contribution in [0.2, 0.25) is 0 Å². The van der Waals surface area contributed by atoms with Crippen molar-refractivity contribution in [3.05, 3.63) is 200 Å². The summed E-state index contributed by atoms with van der Waals surface area (Å²) in [7, 11) is 0. The summed E-state index contributed by atoms with van der Waals surface area (Å²) < 4.78 is 1.21. The second kappa shape index (κ2) is 13.4. The second-order valence-corrected chi connectivity index (χ2v) is 17.0. The lowest BCUT2D eigenvalue weighted by Gasteiger charge is -2.18. The molecule has 282 valence electrons. The highest BCUT2D eigenvalue weighted by Crippen LogP contribution is 2.45. The van der Waals surface area contributed by atoms with Gasteiger partial charge >= 0.3 is 0 Å². The van der Waals surface area contributed by atoms with Crippen LogP contribution in [-0.4, -0.2) is 15.0 Å². The Morgan fingerprint density at radius 3 is 1.46 bits per heavy atom. The van der Waals surface area contributed by atoms with Gasteiger partial charge in [-0.15, -0.1) is 11.3 Å². The van der Waals surface area contributed by atoms with Crippen LogP contribution >= 0.6 is 11.3 Å². The predicted molar refractivity (Wildman–Crippen MR) is 259 cm³/mol. The average Bonchev–Trinajstić information content (AvgIpc) is 3.77. The number of nitrogens with zero attached hydrogens (tertiary/aromatic N) is 3. The Kier molecular flexibility index (Phi) is 7.47. The van der Waals surface area contributed by atoms with Gasteiger partial charge in [-0.05, 0) is 123 Å². The van der Waals surface area contributed by atoms with E-state index in [2.05, 4.69) is 182 Å². The predicted octanol–water partition coefficient (Wildman–Crippen LogP) is 15.8. The number of benzene rings is 10. The first kappa shape index (κ1) is 34.1. The molecule has 0 N–H and O–H groups in total. The smallest absolute Gasteiger partial charge is 0.174 e. The molecule has 0 atom stereocenters. The van der Waals surface area contributed by atoms with Crippen LogP contribution in [0.25, 0.3) is 130 Å². The third-order valence-corrected chi connectivity index (χ3v) is 13.5. The molecule has 2 heterocycles. The minimum Gasteiger partial charge on any atom is -0.208 e. The zero-order valence-corrected chi connectivity index (χ0v) is 33.6. The summed E-state index contributed by atoms with van der Waals surface area (Å²) in [5.41, 5.74) is 6.49. The summed E-state index contributed by atoms with van der Waals surface area (Å²) in [4.78, 5) is 16.3. The molecular weight excluding hydrogens is 759 g/mol. The molecule has 4 heteroatoms. The van der Waals surface area contributed by atoms with E-state index in [0.29, 0.717) is 17.5 Å². The van der Waals surface area contributed by atoms with Crippen molar-refractivity contribution in [2.24, 2.45) is 0 Å². The van der Waals surface area contributed by atoms with Crippen LogP contribution in [0.4, 0.5) is 0 Å². The Bertz CT molecular complexity index is 3850. The average molecular weight is 792 g/mol. The Morgan fingerprint density at radius 1 is 0.279 bits per heavy atom. The van der Waals surface area contributed by atoms with Crippen molar-refractivity contribution in [2.45, 2.75) is 0 Å². The topological polar surface area (TPSA) is 38.7 Å². The zero-order chi connectivity index (χ0) is 40.0.